The Kier molecular flexibility index (Phi) is 5.08. The van der Waals surface area contributed by atoms with Crippen LogP contribution in [0.4, 0.5) is 5.95 Å². The van der Waals surface area contributed by atoms with Crippen LogP contribution in [0.5, 0.6) is 0 Å². The number of hydrogen-bond acceptors (Lipinski definition) is 3. The van der Waals surface area contributed by atoms with Crippen LogP contribution in [-0.2, 0) is 11.3 Å². The molecule has 0 spiro atoms. The van der Waals surface area contributed by atoms with Gasteiger partial charge in [0.25, 0.3) is 0 Å². The molecule has 0 aromatic carbocycles. The number of nitrogens with zero attached hydrogens (tertiary/aromatic N) is 2. The number of hydrogen-bond donors (Lipinski definition) is 1. The molecule has 4 nitrogen and oxygen atoms in total. The summed E-state index contributed by atoms with van der Waals surface area (Å²) in [5.74, 6) is 1.03. The van der Waals surface area contributed by atoms with E-state index in [9.17, 15) is 0 Å². The minimum Gasteiger partial charge on any atom is -0.382 e. The maximum atomic E-state index is 5.41. The fourth-order valence-electron chi connectivity index (χ4n) is 3.06. The standard InChI is InChI=1S/C16H29N3O/c1-5-20-11-7-10-19-12-13(2)17-15(19)18-14-8-6-9-16(14,3)4/h12,14H,5-11H2,1-4H3,(H,17,18). The van der Waals surface area contributed by atoms with E-state index in [0.717, 1.165) is 37.8 Å². The highest BCUT2D eigenvalue weighted by Gasteiger charge is 2.35. The zero-order valence-corrected chi connectivity index (χ0v) is 13.4. The molecule has 1 unspecified atom stereocenters. The van der Waals surface area contributed by atoms with Gasteiger partial charge in [0.05, 0.1) is 5.69 Å². The quantitative estimate of drug-likeness (QED) is 0.775. The Morgan fingerprint density at radius 3 is 2.95 bits per heavy atom. The van der Waals surface area contributed by atoms with Crippen LogP contribution in [0, 0.1) is 12.3 Å². The van der Waals surface area contributed by atoms with Crippen LogP contribution in [0.25, 0.3) is 0 Å². The van der Waals surface area contributed by atoms with Crippen molar-refractivity contribution >= 4 is 5.95 Å². The Morgan fingerprint density at radius 1 is 1.50 bits per heavy atom. The lowest BCUT2D eigenvalue weighted by atomic mass is 9.87. The molecule has 0 bridgehead atoms. The van der Waals surface area contributed by atoms with E-state index in [2.05, 4.69) is 41.8 Å². The fraction of sp³-hybridized carbons (Fsp3) is 0.812. The van der Waals surface area contributed by atoms with Gasteiger partial charge in [-0.1, -0.05) is 20.3 Å². The predicted molar refractivity (Wildman–Crippen MR) is 83.1 cm³/mol. The van der Waals surface area contributed by atoms with Crippen molar-refractivity contribution in [3.63, 3.8) is 0 Å². The van der Waals surface area contributed by atoms with E-state index < -0.39 is 0 Å². The second kappa shape index (κ2) is 6.61. The highest BCUT2D eigenvalue weighted by atomic mass is 16.5. The first kappa shape index (κ1) is 15.4. The molecule has 4 heteroatoms. The van der Waals surface area contributed by atoms with Gasteiger partial charge in [-0.3, -0.25) is 0 Å². The lowest BCUT2D eigenvalue weighted by molar-refractivity contribution is 0.141. The molecule has 1 saturated carbocycles. The van der Waals surface area contributed by atoms with Crippen molar-refractivity contribution in [1.82, 2.24) is 9.55 Å². The van der Waals surface area contributed by atoms with Crippen LogP contribution in [0.3, 0.4) is 0 Å². The molecular weight excluding hydrogens is 250 g/mol. The molecule has 0 saturated heterocycles. The van der Waals surface area contributed by atoms with Gasteiger partial charge in [-0.25, -0.2) is 4.98 Å². The van der Waals surface area contributed by atoms with E-state index in [-0.39, 0.29) is 0 Å². The molecule has 1 atom stereocenters. The number of aromatic nitrogens is 2. The smallest absolute Gasteiger partial charge is 0.203 e. The van der Waals surface area contributed by atoms with Crippen LogP contribution < -0.4 is 5.32 Å². The van der Waals surface area contributed by atoms with Crippen molar-refractivity contribution in [3.8, 4) is 0 Å². The molecule has 1 aromatic rings. The summed E-state index contributed by atoms with van der Waals surface area (Å²) in [6.45, 7) is 11.4. The van der Waals surface area contributed by atoms with Crippen LogP contribution in [0.15, 0.2) is 6.20 Å². The highest BCUT2D eigenvalue weighted by Crippen LogP contribution is 2.38. The Balaban J connectivity index is 1.97. The summed E-state index contributed by atoms with van der Waals surface area (Å²) in [6, 6.07) is 0.537. The van der Waals surface area contributed by atoms with Gasteiger partial charge in [-0.2, -0.15) is 0 Å². The number of aryl methyl sites for hydroxylation is 2. The maximum Gasteiger partial charge on any atom is 0.203 e. The van der Waals surface area contributed by atoms with Gasteiger partial charge in [-0.05, 0) is 38.5 Å². The topological polar surface area (TPSA) is 39.1 Å². The summed E-state index contributed by atoms with van der Waals surface area (Å²) >= 11 is 0. The van der Waals surface area contributed by atoms with Crippen molar-refractivity contribution in [2.24, 2.45) is 5.41 Å². The molecule has 1 heterocycles. The Morgan fingerprint density at radius 2 is 2.30 bits per heavy atom. The highest BCUT2D eigenvalue weighted by molar-refractivity contribution is 5.31. The third-order valence-electron chi connectivity index (χ3n) is 4.35. The molecule has 1 N–H and O–H groups in total. The van der Waals surface area contributed by atoms with Gasteiger partial charge in [0.2, 0.25) is 5.95 Å². The largest absolute Gasteiger partial charge is 0.382 e. The average molecular weight is 279 g/mol. The molecule has 1 fully saturated rings. The molecule has 1 aliphatic rings. The van der Waals surface area contributed by atoms with Gasteiger partial charge >= 0.3 is 0 Å². The summed E-state index contributed by atoms with van der Waals surface area (Å²) in [5.41, 5.74) is 1.45. The van der Waals surface area contributed by atoms with Gasteiger partial charge < -0.3 is 14.6 Å². The van der Waals surface area contributed by atoms with Crippen molar-refractivity contribution in [1.29, 1.82) is 0 Å². The van der Waals surface area contributed by atoms with Crippen LogP contribution in [0.1, 0.15) is 52.1 Å². The van der Waals surface area contributed by atoms with E-state index in [0.29, 0.717) is 11.5 Å². The minimum absolute atomic E-state index is 0.371. The van der Waals surface area contributed by atoms with Crippen molar-refractivity contribution in [2.45, 2.75) is 66.0 Å². The zero-order valence-electron chi connectivity index (χ0n) is 13.4. The van der Waals surface area contributed by atoms with E-state index in [1.165, 1.54) is 19.3 Å². The second-order valence-corrected chi connectivity index (χ2v) is 6.53. The van der Waals surface area contributed by atoms with E-state index in [1.807, 2.05) is 6.92 Å². The third kappa shape index (κ3) is 3.75. The maximum absolute atomic E-state index is 5.41. The summed E-state index contributed by atoms with van der Waals surface area (Å²) in [4.78, 5) is 4.65. The van der Waals surface area contributed by atoms with E-state index in [1.54, 1.807) is 0 Å². The number of rotatable bonds is 7. The summed E-state index contributed by atoms with van der Waals surface area (Å²) in [5, 5.41) is 3.67. The molecule has 0 aliphatic heterocycles. The molecule has 114 valence electrons. The van der Waals surface area contributed by atoms with Gasteiger partial charge in [0.1, 0.15) is 0 Å². The Labute approximate surface area is 122 Å². The van der Waals surface area contributed by atoms with Crippen LogP contribution in [0.2, 0.25) is 0 Å². The van der Waals surface area contributed by atoms with E-state index in [4.69, 9.17) is 4.74 Å². The molecular formula is C16H29N3O. The second-order valence-electron chi connectivity index (χ2n) is 6.53. The number of anilines is 1. The Bertz CT molecular complexity index is 425. The number of imidazole rings is 1. The lowest BCUT2D eigenvalue weighted by Gasteiger charge is -2.28. The van der Waals surface area contributed by atoms with Crippen LogP contribution >= 0.6 is 0 Å². The number of ether oxygens (including phenoxy) is 1. The first-order valence-electron chi connectivity index (χ1n) is 7.91. The summed E-state index contributed by atoms with van der Waals surface area (Å²) in [7, 11) is 0. The molecule has 1 aromatic heterocycles. The molecule has 0 radical (unpaired) electrons. The average Bonchev–Trinajstić information content (AvgIpc) is 2.89. The zero-order chi connectivity index (χ0) is 14.6. The normalized spacial score (nSPS) is 21.3. The van der Waals surface area contributed by atoms with Gasteiger partial charge in [0, 0.05) is 32.0 Å². The van der Waals surface area contributed by atoms with Crippen molar-refractivity contribution < 1.29 is 4.74 Å². The lowest BCUT2D eigenvalue weighted by Crippen LogP contribution is -2.32. The van der Waals surface area contributed by atoms with Gasteiger partial charge in [-0.15, -0.1) is 0 Å². The van der Waals surface area contributed by atoms with Gasteiger partial charge in [0.15, 0.2) is 0 Å². The Hall–Kier alpha value is -1.03. The minimum atomic E-state index is 0.371. The van der Waals surface area contributed by atoms with Crippen LogP contribution in [-0.4, -0.2) is 28.8 Å². The SMILES string of the molecule is CCOCCCn1cc(C)nc1NC1CCCC1(C)C. The third-order valence-corrected chi connectivity index (χ3v) is 4.35. The predicted octanol–water partition coefficient (Wildman–Crippen LogP) is 3.61. The van der Waals surface area contributed by atoms with Crippen molar-refractivity contribution in [3.05, 3.63) is 11.9 Å². The fourth-order valence-corrected chi connectivity index (χ4v) is 3.06. The number of nitrogens with one attached hydrogen (secondary N) is 1. The molecule has 2 rings (SSSR count). The first-order chi connectivity index (χ1) is 9.53. The summed E-state index contributed by atoms with van der Waals surface area (Å²) in [6.07, 6.45) is 7.03. The molecule has 1 aliphatic carbocycles. The summed E-state index contributed by atoms with van der Waals surface area (Å²) < 4.78 is 7.65. The molecule has 20 heavy (non-hydrogen) atoms. The molecule has 0 amide bonds. The van der Waals surface area contributed by atoms with Crippen molar-refractivity contribution in [2.75, 3.05) is 18.5 Å². The monoisotopic (exact) mass is 279 g/mol. The van der Waals surface area contributed by atoms with E-state index >= 15 is 0 Å². The first-order valence-corrected chi connectivity index (χ1v) is 7.91.